The number of hydrogen-bond acceptors (Lipinski definition) is 3. The van der Waals surface area contributed by atoms with Crippen molar-refractivity contribution in [1.29, 1.82) is 0 Å². The van der Waals surface area contributed by atoms with Crippen molar-refractivity contribution in [2.75, 3.05) is 6.54 Å². The summed E-state index contributed by atoms with van der Waals surface area (Å²) in [6, 6.07) is 1.99. The molecule has 1 aliphatic carbocycles. The maximum Gasteiger partial charge on any atom is 0.253 e. The Morgan fingerprint density at radius 2 is 2.16 bits per heavy atom. The van der Waals surface area contributed by atoms with Crippen molar-refractivity contribution in [1.82, 2.24) is 10.3 Å². The second-order valence-electron chi connectivity index (χ2n) is 4.40. The van der Waals surface area contributed by atoms with Crippen molar-refractivity contribution in [3.05, 3.63) is 28.5 Å². The van der Waals surface area contributed by atoms with Crippen molar-refractivity contribution in [2.45, 2.75) is 25.3 Å². The van der Waals surface area contributed by atoms with Crippen molar-refractivity contribution < 1.29 is 4.79 Å². The molecule has 0 spiro atoms. The number of carbonyl (C=O) groups is 1. The van der Waals surface area contributed by atoms with E-state index in [4.69, 9.17) is 5.73 Å². The molecule has 0 aliphatic heterocycles. The van der Waals surface area contributed by atoms with Gasteiger partial charge < -0.3 is 11.1 Å². The van der Waals surface area contributed by atoms with Gasteiger partial charge in [-0.1, -0.05) is 6.42 Å². The lowest BCUT2D eigenvalue weighted by molar-refractivity contribution is 0.0928. The summed E-state index contributed by atoms with van der Waals surface area (Å²) in [6.07, 6.45) is 6.51. The number of hydrogen-bond donors (Lipinski definition) is 2. The van der Waals surface area contributed by atoms with Gasteiger partial charge in [0.15, 0.2) is 0 Å². The molecule has 1 saturated carbocycles. The smallest absolute Gasteiger partial charge is 0.253 e. The highest BCUT2D eigenvalue weighted by Gasteiger charge is 2.27. The first-order chi connectivity index (χ1) is 8.20. The topological polar surface area (TPSA) is 68.0 Å². The van der Waals surface area contributed by atoms with E-state index in [1.54, 1.807) is 18.5 Å². The van der Waals surface area contributed by atoms with Crippen molar-refractivity contribution in [2.24, 2.45) is 11.7 Å². The molecule has 7 heteroatoms. The van der Waals surface area contributed by atoms with E-state index in [9.17, 15) is 4.79 Å². The second-order valence-corrected chi connectivity index (χ2v) is 5.31. The number of pyridine rings is 1. The van der Waals surface area contributed by atoms with Gasteiger partial charge in [0.05, 0.1) is 5.56 Å². The average Bonchev–Trinajstić information content (AvgIpc) is 2.76. The third kappa shape index (κ3) is 4.91. The molecule has 2 rings (SSSR count). The summed E-state index contributed by atoms with van der Waals surface area (Å²) in [6.45, 7) is 0.641. The molecule has 1 heterocycles. The predicted octanol–water partition coefficient (Wildman–Crippen LogP) is 2.54. The van der Waals surface area contributed by atoms with E-state index in [0.29, 0.717) is 18.0 Å². The minimum absolute atomic E-state index is 0. The Morgan fingerprint density at radius 3 is 2.79 bits per heavy atom. The molecule has 3 N–H and O–H groups in total. The van der Waals surface area contributed by atoms with Gasteiger partial charge in [0, 0.05) is 22.9 Å². The van der Waals surface area contributed by atoms with E-state index in [1.807, 2.05) is 0 Å². The van der Waals surface area contributed by atoms with Crippen molar-refractivity contribution in [3.8, 4) is 0 Å². The lowest BCUT2D eigenvalue weighted by Gasteiger charge is -2.19. The van der Waals surface area contributed by atoms with E-state index in [2.05, 4.69) is 26.2 Å². The molecule has 1 aromatic rings. The van der Waals surface area contributed by atoms with Crippen LogP contribution in [0.3, 0.4) is 0 Å². The number of nitrogens with two attached hydrogens (primary N) is 1. The van der Waals surface area contributed by atoms with Gasteiger partial charge >= 0.3 is 0 Å². The lowest BCUT2D eigenvalue weighted by Crippen LogP contribution is -2.39. The van der Waals surface area contributed by atoms with Crippen LogP contribution in [0, 0.1) is 5.92 Å². The third-order valence-corrected chi connectivity index (χ3v) is 3.68. The second kappa shape index (κ2) is 8.74. The number of halogens is 3. The van der Waals surface area contributed by atoms with Crippen LogP contribution < -0.4 is 11.1 Å². The molecule has 2 atom stereocenters. The fraction of sp³-hybridized carbons (Fsp3) is 0.500. The first-order valence-corrected chi connectivity index (χ1v) is 6.61. The fourth-order valence-electron chi connectivity index (χ4n) is 2.30. The van der Waals surface area contributed by atoms with Gasteiger partial charge in [0.25, 0.3) is 5.91 Å². The van der Waals surface area contributed by atoms with Gasteiger partial charge in [0.1, 0.15) is 0 Å². The zero-order valence-corrected chi connectivity index (χ0v) is 13.6. The summed E-state index contributed by atoms with van der Waals surface area (Å²) in [5.74, 6) is 0.350. The highest BCUT2D eigenvalue weighted by molar-refractivity contribution is 9.10. The Balaban J connectivity index is 0.00000162. The number of amides is 1. The molecule has 1 aliphatic rings. The molecule has 0 bridgehead atoms. The van der Waals surface area contributed by atoms with E-state index < -0.39 is 0 Å². The molecular formula is C12H18BrCl2N3O. The quantitative estimate of drug-likeness (QED) is 0.858. The zero-order valence-electron chi connectivity index (χ0n) is 10.3. The van der Waals surface area contributed by atoms with E-state index >= 15 is 0 Å². The van der Waals surface area contributed by atoms with Gasteiger partial charge in [0.2, 0.25) is 0 Å². The number of nitrogens with zero attached hydrogens (tertiary/aromatic N) is 1. The molecule has 1 amide bonds. The van der Waals surface area contributed by atoms with Crippen LogP contribution in [0.2, 0.25) is 0 Å². The minimum atomic E-state index is -0.0656. The number of rotatable bonds is 3. The molecule has 19 heavy (non-hydrogen) atoms. The fourth-order valence-corrected chi connectivity index (χ4v) is 2.66. The Morgan fingerprint density at radius 1 is 1.42 bits per heavy atom. The summed E-state index contributed by atoms with van der Waals surface area (Å²) in [4.78, 5) is 16.0. The van der Waals surface area contributed by atoms with Crippen LogP contribution in [0.15, 0.2) is 22.9 Å². The van der Waals surface area contributed by atoms with Crippen LogP contribution in [-0.2, 0) is 0 Å². The van der Waals surface area contributed by atoms with E-state index in [-0.39, 0.29) is 36.8 Å². The average molecular weight is 371 g/mol. The van der Waals surface area contributed by atoms with Gasteiger partial charge in [-0.15, -0.1) is 24.8 Å². The summed E-state index contributed by atoms with van der Waals surface area (Å²) < 4.78 is 0.812. The van der Waals surface area contributed by atoms with Crippen LogP contribution in [0.4, 0.5) is 0 Å². The Bertz CT molecular complexity index is 420. The standard InChI is InChI=1S/C12H16BrN3O.2ClH/c13-10-4-9(6-15-7-10)12(17)16-11-3-1-2-8(11)5-14;;/h4,6-8,11H,1-3,5,14H2,(H,16,17);2*1H. The first-order valence-electron chi connectivity index (χ1n) is 5.82. The molecule has 4 nitrogen and oxygen atoms in total. The Hall–Kier alpha value is -0.360. The highest BCUT2D eigenvalue weighted by Crippen LogP contribution is 2.24. The Labute approximate surface area is 133 Å². The predicted molar refractivity (Wildman–Crippen MR) is 84.1 cm³/mol. The van der Waals surface area contributed by atoms with E-state index in [0.717, 1.165) is 23.7 Å². The molecular weight excluding hydrogens is 353 g/mol. The summed E-state index contributed by atoms with van der Waals surface area (Å²) in [5.41, 5.74) is 6.28. The Kier molecular flexibility index (Phi) is 8.57. The van der Waals surface area contributed by atoms with Gasteiger partial charge in [-0.05, 0) is 47.3 Å². The van der Waals surface area contributed by atoms with Crippen molar-refractivity contribution >= 4 is 46.7 Å². The largest absolute Gasteiger partial charge is 0.349 e. The zero-order chi connectivity index (χ0) is 12.3. The highest BCUT2D eigenvalue weighted by atomic mass is 79.9. The molecule has 1 aromatic heterocycles. The molecule has 0 aromatic carbocycles. The van der Waals surface area contributed by atoms with Crippen LogP contribution in [0.5, 0.6) is 0 Å². The molecule has 1 fully saturated rings. The van der Waals surface area contributed by atoms with Crippen LogP contribution in [0.25, 0.3) is 0 Å². The van der Waals surface area contributed by atoms with Crippen LogP contribution in [-0.4, -0.2) is 23.5 Å². The van der Waals surface area contributed by atoms with Crippen LogP contribution in [0.1, 0.15) is 29.6 Å². The number of nitrogens with one attached hydrogen (secondary N) is 1. The summed E-state index contributed by atoms with van der Waals surface area (Å²) >= 11 is 3.31. The monoisotopic (exact) mass is 369 g/mol. The SMILES string of the molecule is Cl.Cl.NCC1CCCC1NC(=O)c1cncc(Br)c1. The summed E-state index contributed by atoms with van der Waals surface area (Å²) in [7, 11) is 0. The molecule has 108 valence electrons. The molecule has 0 radical (unpaired) electrons. The maximum atomic E-state index is 12.0. The normalized spacial score (nSPS) is 21.2. The van der Waals surface area contributed by atoms with Crippen molar-refractivity contribution in [3.63, 3.8) is 0 Å². The third-order valence-electron chi connectivity index (χ3n) is 3.25. The van der Waals surface area contributed by atoms with Gasteiger partial charge in [-0.25, -0.2) is 0 Å². The van der Waals surface area contributed by atoms with E-state index in [1.165, 1.54) is 0 Å². The lowest BCUT2D eigenvalue weighted by atomic mass is 10.0. The first kappa shape index (κ1) is 18.6. The summed E-state index contributed by atoms with van der Waals surface area (Å²) in [5, 5.41) is 3.04. The maximum absolute atomic E-state index is 12.0. The van der Waals surface area contributed by atoms with Gasteiger partial charge in [-0.3, -0.25) is 9.78 Å². The molecule has 0 saturated heterocycles. The van der Waals surface area contributed by atoms with Gasteiger partial charge in [-0.2, -0.15) is 0 Å². The number of aromatic nitrogens is 1. The van der Waals surface area contributed by atoms with Crippen LogP contribution >= 0.6 is 40.7 Å². The molecule has 2 unspecified atom stereocenters. The number of carbonyl (C=O) groups excluding carboxylic acids is 1. The minimum Gasteiger partial charge on any atom is -0.349 e.